The maximum atomic E-state index is 8.61. The van der Waals surface area contributed by atoms with Crippen molar-refractivity contribution in [3.63, 3.8) is 0 Å². The van der Waals surface area contributed by atoms with Crippen LogP contribution in [0.4, 0.5) is 0 Å². The molecule has 0 amide bonds. The molecule has 116 valence electrons. The molecule has 0 radical (unpaired) electrons. The van der Waals surface area contributed by atoms with Gasteiger partial charge >= 0.3 is 0 Å². The standard InChI is InChI=1S/C17H37NO/c1-17(2,3)13-11-9-7-5-4-6-8-10-12-14-18-15-16-19/h18-19H,4-16H2,1-3H3. The number of hydrogen-bond acceptors (Lipinski definition) is 2. The topological polar surface area (TPSA) is 32.3 Å². The Balaban J connectivity index is 2.99. The largest absolute Gasteiger partial charge is 0.395 e. The van der Waals surface area contributed by atoms with Gasteiger partial charge in [-0.1, -0.05) is 72.1 Å². The highest BCUT2D eigenvalue weighted by molar-refractivity contribution is 4.61. The Morgan fingerprint density at radius 1 is 0.684 bits per heavy atom. The number of aliphatic hydroxyl groups is 1. The molecule has 0 rings (SSSR count). The fraction of sp³-hybridized carbons (Fsp3) is 1.00. The van der Waals surface area contributed by atoms with Gasteiger partial charge in [0.15, 0.2) is 0 Å². The summed E-state index contributed by atoms with van der Waals surface area (Å²) in [6.07, 6.45) is 13.8. The molecule has 0 saturated heterocycles. The summed E-state index contributed by atoms with van der Waals surface area (Å²) in [4.78, 5) is 0. The Morgan fingerprint density at radius 3 is 1.63 bits per heavy atom. The number of hydrogen-bond donors (Lipinski definition) is 2. The van der Waals surface area contributed by atoms with Crippen molar-refractivity contribution in [2.75, 3.05) is 19.7 Å². The van der Waals surface area contributed by atoms with Crippen LogP contribution >= 0.6 is 0 Å². The van der Waals surface area contributed by atoms with Crippen LogP contribution in [0.15, 0.2) is 0 Å². The van der Waals surface area contributed by atoms with Crippen molar-refractivity contribution in [1.29, 1.82) is 0 Å². The minimum absolute atomic E-state index is 0.259. The molecule has 0 aliphatic heterocycles. The molecule has 0 aromatic carbocycles. The summed E-state index contributed by atoms with van der Waals surface area (Å²) in [6.45, 7) is 9.07. The molecule has 0 atom stereocenters. The normalized spacial score (nSPS) is 12.0. The SMILES string of the molecule is CC(C)(C)CCCCCCCCCCCNCCO. The molecule has 0 spiro atoms. The van der Waals surface area contributed by atoms with Gasteiger partial charge in [-0.3, -0.25) is 0 Å². The molecular weight excluding hydrogens is 234 g/mol. The molecule has 0 heterocycles. The van der Waals surface area contributed by atoms with E-state index in [-0.39, 0.29) is 6.61 Å². The van der Waals surface area contributed by atoms with Crippen LogP contribution < -0.4 is 5.32 Å². The summed E-state index contributed by atoms with van der Waals surface area (Å²) in [5.74, 6) is 0. The van der Waals surface area contributed by atoms with Crippen LogP contribution in [0.1, 0.15) is 85.0 Å². The average Bonchev–Trinajstić information content (AvgIpc) is 2.34. The summed E-state index contributed by atoms with van der Waals surface area (Å²) < 4.78 is 0. The van der Waals surface area contributed by atoms with Crippen LogP contribution in [0.2, 0.25) is 0 Å². The predicted octanol–water partition coefficient (Wildman–Crippen LogP) is 4.52. The van der Waals surface area contributed by atoms with E-state index >= 15 is 0 Å². The van der Waals surface area contributed by atoms with Crippen LogP contribution in [-0.2, 0) is 0 Å². The molecular formula is C17H37NO. The van der Waals surface area contributed by atoms with Crippen molar-refractivity contribution in [3.05, 3.63) is 0 Å². The van der Waals surface area contributed by atoms with Gasteiger partial charge in [0.2, 0.25) is 0 Å². The van der Waals surface area contributed by atoms with Gasteiger partial charge in [-0.25, -0.2) is 0 Å². The first-order valence-corrected chi connectivity index (χ1v) is 8.38. The highest BCUT2D eigenvalue weighted by Crippen LogP contribution is 2.22. The van der Waals surface area contributed by atoms with Gasteiger partial charge in [0.1, 0.15) is 0 Å². The first kappa shape index (κ1) is 18.9. The average molecular weight is 271 g/mol. The smallest absolute Gasteiger partial charge is 0.0555 e. The number of rotatable bonds is 13. The highest BCUT2D eigenvalue weighted by atomic mass is 16.3. The van der Waals surface area contributed by atoms with E-state index in [1.807, 2.05) is 0 Å². The summed E-state index contributed by atoms with van der Waals surface area (Å²) in [7, 11) is 0. The maximum Gasteiger partial charge on any atom is 0.0555 e. The van der Waals surface area contributed by atoms with Crippen LogP contribution in [0.25, 0.3) is 0 Å². The molecule has 0 aromatic heterocycles. The highest BCUT2D eigenvalue weighted by Gasteiger charge is 2.08. The van der Waals surface area contributed by atoms with E-state index in [0.717, 1.165) is 13.1 Å². The van der Waals surface area contributed by atoms with E-state index < -0.39 is 0 Å². The van der Waals surface area contributed by atoms with Crippen molar-refractivity contribution < 1.29 is 5.11 Å². The number of nitrogens with one attached hydrogen (secondary N) is 1. The van der Waals surface area contributed by atoms with Crippen molar-refractivity contribution in [3.8, 4) is 0 Å². The van der Waals surface area contributed by atoms with Gasteiger partial charge in [-0.05, 0) is 24.8 Å². The van der Waals surface area contributed by atoms with Gasteiger partial charge in [0, 0.05) is 6.54 Å². The summed E-state index contributed by atoms with van der Waals surface area (Å²) in [6, 6.07) is 0. The fourth-order valence-electron chi connectivity index (χ4n) is 2.35. The minimum atomic E-state index is 0.259. The Labute approximate surface area is 121 Å². The summed E-state index contributed by atoms with van der Waals surface area (Å²) in [5.41, 5.74) is 0.518. The second-order valence-corrected chi connectivity index (χ2v) is 6.97. The lowest BCUT2D eigenvalue weighted by atomic mass is 9.89. The predicted molar refractivity (Wildman–Crippen MR) is 85.6 cm³/mol. The lowest BCUT2D eigenvalue weighted by molar-refractivity contribution is 0.292. The second kappa shape index (κ2) is 12.9. The second-order valence-electron chi connectivity index (χ2n) is 6.97. The van der Waals surface area contributed by atoms with Crippen molar-refractivity contribution in [2.45, 2.75) is 85.0 Å². The number of aliphatic hydroxyl groups excluding tert-OH is 1. The maximum absolute atomic E-state index is 8.61. The zero-order valence-corrected chi connectivity index (χ0v) is 13.6. The fourth-order valence-corrected chi connectivity index (χ4v) is 2.35. The molecule has 0 aliphatic carbocycles. The molecule has 2 N–H and O–H groups in total. The van der Waals surface area contributed by atoms with Gasteiger partial charge in [0.05, 0.1) is 6.61 Å². The third-order valence-electron chi connectivity index (χ3n) is 3.57. The third-order valence-corrected chi connectivity index (χ3v) is 3.57. The molecule has 0 fully saturated rings. The van der Waals surface area contributed by atoms with Crippen molar-refractivity contribution >= 4 is 0 Å². The minimum Gasteiger partial charge on any atom is -0.395 e. The molecule has 0 aromatic rings. The molecule has 0 saturated carbocycles. The first-order valence-electron chi connectivity index (χ1n) is 8.38. The van der Waals surface area contributed by atoms with Crippen molar-refractivity contribution in [1.82, 2.24) is 5.32 Å². The molecule has 0 bridgehead atoms. The van der Waals surface area contributed by atoms with Crippen LogP contribution in [0.3, 0.4) is 0 Å². The van der Waals surface area contributed by atoms with E-state index in [1.54, 1.807) is 0 Å². The van der Waals surface area contributed by atoms with Gasteiger partial charge in [-0.15, -0.1) is 0 Å². The van der Waals surface area contributed by atoms with E-state index in [9.17, 15) is 0 Å². The lowest BCUT2D eigenvalue weighted by Crippen LogP contribution is -2.19. The monoisotopic (exact) mass is 271 g/mol. The molecule has 19 heavy (non-hydrogen) atoms. The van der Waals surface area contributed by atoms with E-state index in [2.05, 4.69) is 26.1 Å². The van der Waals surface area contributed by atoms with Gasteiger partial charge in [0.25, 0.3) is 0 Å². The Hall–Kier alpha value is -0.0800. The number of unbranched alkanes of at least 4 members (excludes halogenated alkanes) is 8. The quantitative estimate of drug-likeness (QED) is 0.483. The Morgan fingerprint density at radius 2 is 1.16 bits per heavy atom. The van der Waals surface area contributed by atoms with E-state index in [0.29, 0.717) is 5.41 Å². The Bertz CT molecular complexity index is 175. The van der Waals surface area contributed by atoms with Crippen LogP contribution in [0, 0.1) is 5.41 Å². The molecule has 0 unspecified atom stereocenters. The summed E-state index contributed by atoms with van der Waals surface area (Å²) in [5, 5.41) is 11.8. The summed E-state index contributed by atoms with van der Waals surface area (Å²) >= 11 is 0. The van der Waals surface area contributed by atoms with Crippen LogP contribution in [-0.4, -0.2) is 24.8 Å². The zero-order chi connectivity index (χ0) is 14.4. The molecule has 2 nitrogen and oxygen atoms in total. The first-order chi connectivity index (χ1) is 9.06. The van der Waals surface area contributed by atoms with Crippen LogP contribution in [0.5, 0.6) is 0 Å². The zero-order valence-electron chi connectivity index (χ0n) is 13.6. The Kier molecular flexibility index (Phi) is 12.9. The van der Waals surface area contributed by atoms with Gasteiger partial charge in [-0.2, -0.15) is 0 Å². The van der Waals surface area contributed by atoms with E-state index in [1.165, 1.54) is 64.2 Å². The molecule has 0 aliphatic rings. The van der Waals surface area contributed by atoms with Gasteiger partial charge < -0.3 is 10.4 Å². The van der Waals surface area contributed by atoms with Crippen molar-refractivity contribution in [2.24, 2.45) is 5.41 Å². The lowest BCUT2D eigenvalue weighted by Gasteiger charge is -2.17. The molecule has 2 heteroatoms. The third kappa shape index (κ3) is 17.9. The van der Waals surface area contributed by atoms with E-state index in [4.69, 9.17) is 5.11 Å².